The standard InChI is InChI=1S/C17H23BrN2O2/c18-16-4-2-1-3-15(16)17(21)19-11-13-5-8-20(9-6-13)14-7-10-22-12-14/h1-4,13-14H,5-12H2,(H,19,21)/t14-/m1/s1. The first-order valence-electron chi connectivity index (χ1n) is 8.08. The summed E-state index contributed by atoms with van der Waals surface area (Å²) in [5.41, 5.74) is 0.711. The van der Waals surface area contributed by atoms with Crippen molar-refractivity contribution in [2.45, 2.75) is 25.3 Å². The van der Waals surface area contributed by atoms with Crippen molar-refractivity contribution in [2.75, 3.05) is 32.8 Å². The molecule has 120 valence electrons. The van der Waals surface area contributed by atoms with Gasteiger partial charge in [0, 0.05) is 23.7 Å². The molecular weight excluding hydrogens is 344 g/mol. The average molecular weight is 367 g/mol. The Kier molecular flexibility index (Phi) is 5.50. The number of ether oxygens (including phenoxy) is 1. The van der Waals surface area contributed by atoms with Gasteiger partial charge in [-0.05, 0) is 66.3 Å². The molecule has 1 atom stereocenters. The second-order valence-electron chi connectivity index (χ2n) is 6.19. The monoisotopic (exact) mass is 366 g/mol. The maximum atomic E-state index is 12.2. The van der Waals surface area contributed by atoms with Crippen molar-refractivity contribution in [2.24, 2.45) is 5.92 Å². The predicted molar refractivity (Wildman–Crippen MR) is 90.0 cm³/mol. The molecule has 2 aliphatic rings. The number of nitrogens with zero attached hydrogens (tertiary/aromatic N) is 1. The quantitative estimate of drug-likeness (QED) is 0.890. The Morgan fingerprint density at radius 2 is 2.05 bits per heavy atom. The molecule has 0 unspecified atom stereocenters. The fraction of sp³-hybridized carbons (Fsp3) is 0.588. The molecule has 2 fully saturated rings. The second kappa shape index (κ2) is 7.57. The van der Waals surface area contributed by atoms with Crippen LogP contribution in [0, 0.1) is 5.92 Å². The molecule has 0 aliphatic carbocycles. The van der Waals surface area contributed by atoms with Crippen LogP contribution in [0.4, 0.5) is 0 Å². The lowest BCUT2D eigenvalue weighted by Gasteiger charge is -2.35. The van der Waals surface area contributed by atoms with E-state index >= 15 is 0 Å². The molecule has 1 amide bonds. The first kappa shape index (κ1) is 16.0. The van der Waals surface area contributed by atoms with E-state index in [1.807, 2.05) is 24.3 Å². The summed E-state index contributed by atoms with van der Waals surface area (Å²) in [4.78, 5) is 14.8. The molecule has 0 radical (unpaired) electrons. The molecule has 3 rings (SSSR count). The lowest BCUT2D eigenvalue weighted by Crippen LogP contribution is -2.44. The average Bonchev–Trinajstić information content (AvgIpc) is 3.08. The number of rotatable bonds is 4. The summed E-state index contributed by atoms with van der Waals surface area (Å²) in [5.74, 6) is 0.601. The normalized spacial score (nSPS) is 23.6. The third-order valence-electron chi connectivity index (χ3n) is 4.74. The van der Waals surface area contributed by atoms with Crippen LogP contribution < -0.4 is 5.32 Å². The van der Waals surface area contributed by atoms with Crippen molar-refractivity contribution >= 4 is 21.8 Å². The molecule has 22 heavy (non-hydrogen) atoms. The summed E-state index contributed by atoms with van der Waals surface area (Å²) in [5, 5.41) is 3.08. The minimum Gasteiger partial charge on any atom is -0.380 e. The van der Waals surface area contributed by atoms with Gasteiger partial charge in [-0.1, -0.05) is 12.1 Å². The Balaban J connectivity index is 1.43. The molecule has 1 N–H and O–H groups in total. The van der Waals surface area contributed by atoms with Crippen molar-refractivity contribution < 1.29 is 9.53 Å². The number of hydrogen-bond acceptors (Lipinski definition) is 3. The highest BCUT2D eigenvalue weighted by molar-refractivity contribution is 9.10. The molecule has 0 bridgehead atoms. The molecule has 0 aromatic heterocycles. The Bertz CT molecular complexity index is 509. The van der Waals surface area contributed by atoms with Crippen LogP contribution >= 0.6 is 15.9 Å². The summed E-state index contributed by atoms with van der Waals surface area (Å²) in [6, 6.07) is 8.18. The SMILES string of the molecule is O=C(NCC1CCN([C@@H]2CCOC2)CC1)c1ccccc1Br. The van der Waals surface area contributed by atoms with E-state index in [-0.39, 0.29) is 5.91 Å². The van der Waals surface area contributed by atoms with E-state index in [1.54, 1.807) is 0 Å². The maximum absolute atomic E-state index is 12.2. The van der Waals surface area contributed by atoms with E-state index in [0.29, 0.717) is 17.5 Å². The highest BCUT2D eigenvalue weighted by atomic mass is 79.9. The van der Waals surface area contributed by atoms with Gasteiger partial charge < -0.3 is 10.1 Å². The number of carbonyl (C=O) groups is 1. The number of hydrogen-bond donors (Lipinski definition) is 1. The minimum absolute atomic E-state index is 0.0131. The number of piperidine rings is 1. The lowest BCUT2D eigenvalue weighted by molar-refractivity contribution is 0.0910. The summed E-state index contributed by atoms with van der Waals surface area (Å²) in [7, 11) is 0. The van der Waals surface area contributed by atoms with Crippen molar-refractivity contribution in [1.82, 2.24) is 10.2 Å². The van der Waals surface area contributed by atoms with Crippen LogP contribution in [0.1, 0.15) is 29.6 Å². The molecule has 0 saturated carbocycles. The van der Waals surface area contributed by atoms with E-state index in [1.165, 1.54) is 6.42 Å². The molecule has 5 heteroatoms. The minimum atomic E-state index is 0.0131. The molecule has 2 saturated heterocycles. The fourth-order valence-corrected chi connectivity index (χ4v) is 3.77. The zero-order valence-corrected chi connectivity index (χ0v) is 14.3. The van der Waals surface area contributed by atoms with Crippen LogP contribution in [0.5, 0.6) is 0 Å². The van der Waals surface area contributed by atoms with Crippen LogP contribution in [-0.2, 0) is 4.74 Å². The van der Waals surface area contributed by atoms with E-state index < -0.39 is 0 Å². The maximum Gasteiger partial charge on any atom is 0.252 e. The number of halogens is 1. The Hall–Kier alpha value is -0.910. The summed E-state index contributed by atoms with van der Waals surface area (Å²) in [6.45, 7) is 4.83. The third-order valence-corrected chi connectivity index (χ3v) is 5.43. The van der Waals surface area contributed by atoms with Crippen molar-refractivity contribution in [1.29, 1.82) is 0 Å². The number of benzene rings is 1. The number of likely N-dealkylation sites (tertiary alicyclic amines) is 1. The third kappa shape index (κ3) is 3.89. The molecule has 2 heterocycles. The van der Waals surface area contributed by atoms with Gasteiger partial charge >= 0.3 is 0 Å². The zero-order chi connectivity index (χ0) is 15.4. The van der Waals surface area contributed by atoms with Gasteiger partial charge in [0.2, 0.25) is 0 Å². The highest BCUT2D eigenvalue weighted by Crippen LogP contribution is 2.22. The Morgan fingerprint density at radius 3 is 2.73 bits per heavy atom. The number of carbonyl (C=O) groups excluding carboxylic acids is 1. The second-order valence-corrected chi connectivity index (χ2v) is 7.04. The summed E-state index contributed by atoms with van der Waals surface area (Å²) < 4.78 is 6.32. The first-order valence-corrected chi connectivity index (χ1v) is 8.88. The predicted octanol–water partition coefficient (Wildman–Crippen LogP) is 2.68. The highest BCUT2D eigenvalue weighted by Gasteiger charge is 2.27. The Morgan fingerprint density at radius 1 is 1.27 bits per heavy atom. The van der Waals surface area contributed by atoms with Gasteiger partial charge in [0.05, 0.1) is 12.2 Å². The molecule has 1 aromatic rings. The fourth-order valence-electron chi connectivity index (χ4n) is 3.31. The largest absolute Gasteiger partial charge is 0.380 e. The summed E-state index contributed by atoms with van der Waals surface area (Å²) in [6.07, 6.45) is 3.49. The van der Waals surface area contributed by atoms with Gasteiger partial charge in [0.25, 0.3) is 5.91 Å². The van der Waals surface area contributed by atoms with E-state index in [2.05, 4.69) is 26.1 Å². The molecule has 1 aromatic carbocycles. The van der Waals surface area contributed by atoms with Crippen LogP contribution in [0.15, 0.2) is 28.7 Å². The van der Waals surface area contributed by atoms with E-state index in [4.69, 9.17) is 4.74 Å². The smallest absolute Gasteiger partial charge is 0.252 e. The molecule has 2 aliphatic heterocycles. The molecular formula is C17H23BrN2O2. The Labute approximate surface area is 140 Å². The van der Waals surface area contributed by atoms with Crippen LogP contribution in [-0.4, -0.2) is 49.7 Å². The van der Waals surface area contributed by atoms with Crippen LogP contribution in [0.2, 0.25) is 0 Å². The van der Waals surface area contributed by atoms with Gasteiger partial charge in [0.1, 0.15) is 0 Å². The van der Waals surface area contributed by atoms with E-state index in [0.717, 1.165) is 50.2 Å². The van der Waals surface area contributed by atoms with Crippen LogP contribution in [0.25, 0.3) is 0 Å². The van der Waals surface area contributed by atoms with Crippen molar-refractivity contribution in [3.05, 3.63) is 34.3 Å². The molecule has 0 spiro atoms. The number of amides is 1. The first-order chi connectivity index (χ1) is 10.7. The van der Waals surface area contributed by atoms with Crippen molar-refractivity contribution in [3.63, 3.8) is 0 Å². The van der Waals surface area contributed by atoms with Gasteiger partial charge in [0.15, 0.2) is 0 Å². The van der Waals surface area contributed by atoms with Gasteiger partial charge in [-0.2, -0.15) is 0 Å². The van der Waals surface area contributed by atoms with Gasteiger partial charge in [-0.3, -0.25) is 9.69 Å². The van der Waals surface area contributed by atoms with E-state index in [9.17, 15) is 4.79 Å². The van der Waals surface area contributed by atoms with Gasteiger partial charge in [-0.25, -0.2) is 0 Å². The van der Waals surface area contributed by atoms with Gasteiger partial charge in [-0.15, -0.1) is 0 Å². The number of nitrogens with one attached hydrogen (secondary N) is 1. The zero-order valence-electron chi connectivity index (χ0n) is 12.8. The topological polar surface area (TPSA) is 41.6 Å². The van der Waals surface area contributed by atoms with Crippen LogP contribution in [0.3, 0.4) is 0 Å². The van der Waals surface area contributed by atoms with Crippen molar-refractivity contribution in [3.8, 4) is 0 Å². The summed E-state index contributed by atoms with van der Waals surface area (Å²) >= 11 is 3.43. The molecule has 4 nitrogen and oxygen atoms in total. The lowest BCUT2D eigenvalue weighted by atomic mass is 9.95.